The molecule has 0 amide bonds. The van der Waals surface area contributed by atoms with Gasteiger partial charge in [0.15, 0.2) is 0 Å². The molecule has 0 saturated carbocycles. The summed E-state index contributed by atoms with van der Waals surface area (Å²) in [5, 5.41) is 14.5. The van der Waals surface area contributed by atoms with E-state index in [4.69, 9.17) is 4.74 Å². The van der Waals surface area contributed by atoms with Gasteiger partial charge in [0.25, 0.3) is 5.69 Å². The molecule has 21 heavy (non-hydrogen) atoms. The highest BCUT2D eigenvalue weighted by molar-refractivity contribution is 5.47. The average Bonchev–Trinajstić information content (AvgIpc) is 2.40. The Morgan fingerprint density at radius 3 is 2.62 bits per heavy atom. The predicted molar refractivity (Wildman–Crippen MR) is 82.3 cm³/mol. The molecule has 1 atom stereocenters. The molecule has 6 heteroatoms. The van der Waals surface area contributed by atoms with E-state index in [2.05, 4.69) is 24.1 Å². The zero-order valence-corrected chi connectivity index (χ0v) is 13.5. The van der Waals surface area contributed by atoms with E-state index >= 15 is 0 Å². The lowest BCUT2D eigenvalue weighted by Gasteiger charge is -2.22. The molecule has 1 N–H and O–H groups in total. The van der Waals surface area contributed by atoms with Crippen LogP contribution in [0.3, 0.4) is 0 Å². The van der Waals surface area contributed by atoms with Gasteiger partial charge >= 0.3 is 0 Å². The summed E-state index contributed by atoms with van der Waals surface area (Å²) in [6, 6.07) is 0.200. The van der Waals surface area contributed by atoms with E-state index in [0.29, 0.717) is 36.8 Å². The lowest BCUT2D eigenvalue weighted by molar-refractivity contribution is -0.386. The minimum atomic E-state index is -0.337. The Balaban J connectivity index is 2.83. The number of nitrogens with one attached hydrogen (secondary N) is 1. The zero-order chi connectivity index (χ0) is 16.0. The van der Waals surface area contributed by atoms with Crippen LogP contribution in [0.2, 0.25) is 0 Å². The molecule has 0 fully saturated rings. The molecule has 0 aromatic carbocycles. The van der Waals surface area contributed by atoms with Crippen LogP contribution in [0, 0.1) is 29.9 Å². The van der Waals surface area contributed by atoms with E-state index in [9.17, 15) is 10.1 Å². The summed E-state index contributed by atoms with van der Waals surface area (Å²) in [6.45, 7) is 11.5. The van der Waals surface area contributed by atoms with Crippen LogP contribution in [0.25, 0.3) is 0 Å². The van der Waals surface area contributed by atoms with Crippen LogP contribution in [0.5, 0.6) is 0 Å². The lowest BCUT2D eigenvalue weighted by atomic mass is 10.0. The van der Waals surface area contributed by atoms with Gasteiger partial charge < -0.3 is 10.1 Å². The van der Waals surface area contributed by atoms with Crippen LogP contribution >= 0.6 is 0 Å². The van der Waals surface area contributed by atoms with Crippen molar-refractivity contribution in [2.45, 2.75) is 47.2 Å². The molecule has 6 nitrogen and oxygen atoms in total. The van der Waals surface area contributed by atoms with E-state index < -0.39 is 0 Å². The van der Waals surface area contributed by atoms with Crippen LogP contribution in [0.1, 0.15) is 37.6 Å². The molecule has 0 spiro atoms. The van der Waals surface area contributed by atoms with Crippen molar-refractivity contribution in [3.05, 3.63) is 33.1 Å². The quantitative estimate of drug-likeness (QED) is 0.589. The van der Waals surface area contributed by atoms with Gasteiger partial charge in [-0.15, -0.1) is 0 Å². The minimum Gasteiger partial charge on any atom is -0.380 e. The van der Waals surface area contributed by atoms with Crippen molar-refractivity contribution in [2.24, 2.45) is 5.92 Å². The van der Waals surface area contributed by atoms with E-state index in [0.717, 1.165) is 5.69 Å². The Morgan fingerprint density at radius 2 is 2.10 bits per heavy atom. The number of rotatable bonds is 8. The fourth-order valence-corrected chi connectivity index (χ4v) is 2.18. The molecular formula is C15H25N3O3. The average molecular weight is 295 g/mol. The summed E-state index contributed by atoms with van der Waals surface area (Å²) in [4.78, 5) is 15.1. The second-order valence-corrected chi connectivity index (χ2v) is 5.51. The predicted octanol–water partition coefficient (Wildman–Crippen LogP) is 2.76. The summed E-state index contributed by atoms with van der Waals surface area (Å²) in [5.74, 6) is 0.414. The number of hydrogen-bond donors (Lipinski definition) is 1. The molecule has 118 valence electrons. The highest BCUT2D eigenvalue weighted by atomic mass is 16.6. The molecule has 1 aromatic heterocycles. The Hall–Kier alpha value is -1.53. The van der Waals surface area contributed by atoms with E-state index in [1.165, 1.54) is 0 Å². The van der Waals surface area contributed by atoms with Gasteiger partial charge in [0.05, 0.1) is 17.2 Å². The number of pyridine rings is 1. The fraction of sp³-hybridized carbons (Fsp3) is 0.667. The van der Waals surface area contributed by atoms with E-state index in [-0.39, 0.29) is 16.7 Å². The van der Waals surface area contributed by atoms with Gasteiger partial charge in [-0.2, -0.15) is 0 Å². The maximum absolute atomic E-state index is 11.1. The van der Waals surface area contributed by atoms with Crippen molar-refractivity contribution in [2.75, 3.05) is 13.2 Å². The van der Waals surface area contributed by atoms with Crippen molar-refractivity contribution in [3.8, 4) is 0 Å². The van der Waals surface area contributed by atoms with Gasteiger partial charge in [-0.3, -0.25) is 15.1 Å². The Labute approximate surface area is 126 Å². The smallest absolute Gasteiger partial charge is 0.278 e. The van der Waals surface area contributed by atoms with Crippen LogP contribution in [0.4, 0.5) is 5.69 Å². The molecule has 0 aliphatic carbocycles. The molecular weight excluding hydrogens is 270 g/mol. The summed E-state index contributed by atoms with van der Waals surface area (Å²) < 4.78 is 5.47. The SMILES string of the molecule is CCOCC(NCc1ncc(C)c([N+](=O)[O-])c1C)C(C)C. The first kappa shape index (κ1) is 17.5. The molecule has 1 unspecified atom stereocenters. The number of ether oxygens (including phenoxy) is 1. The first-order valence-electron chi connectivity index (χ1n) is 7.29. The molecule has 0 aliphatic rings. The minimum absolute atomic E-state index is 0.160. The van der Waals surface area contributed by atoms with Crippen LogP contribution in [0.15, 0.2) is 6.20 Å². The molecule has 1 heterocycles. The Bertz CT molecular complexity index is 489. The third-order valence-electron chi connectivity index (χ3n) is 3.60. The van der Waals surface area contributed by atoms with Gasteiger partial charge in [-0.25, -0.2) is 0 Å². The van der Waals surface area contributed by atoms with Gasteiger partial charge in [0.1, 0.15) is 0 Å². The molecule has 1 rings (SSSR count). The molecule has 0 saturated heterocycles. The topological polar surface area (TPSA) is 77.3 Å². The van der Waals surface area contributed by atoms with Crippen molar-refractivity contribution in [1.29, 1.82) is 0 Å². The summed E-state index contributed by atoms with van der Waals surface area (Å²) >= 11 is 0. The molecule has 0 bridgehead atoms. The largest absolute Gasteiger partial charge is 0.380 e. The number of nitrogens with zero attached hydrogens (tertiary/aromatic N) is 2. The highest BCUT2D eigenvalue weighted by Gasteiger charge is 2.20. The number of aromatic nitrogens is 1. The monoisotopic (exact) mass is 295 g/mol. The van der Waals surface area contributed by atoms with E-state index in [1.807, 2.05) is 6.92 Å². The standard InChI is InChI=1S/C15H25N3O3/c1-6-21-9-14(10(2)3)17-8-13-12(5)15(18(19)20)11(4)7-16-13/h7,10,14,17H,6,8-9H2,1-5H3. The van der Waals surface area contributed by atoms with Crippen LogP contribution in [-0.4, -0.2) is 29.2 Å². The molecule has 1 aromatic rings. The van der Waals surface area contributed by atoms with Crippen molar-refractivity contribution in [1.82, 2.24) is 10.3 Å². The molecule has 0 radical (unpaired) electrons. The van der Waals surface area contributed by atoms with E-state index in [1.54, 1.807) is 20.0 Å². The van der Waals surface area contributed by atoms with Gasteiger partial charge in [-0.1, -0.05) is 13.8 Å². The maximum Gasteiger partial charge on any atom is 0.278 e. The van der Waals surface area contributed by atoms with Gasteiger partial charge in [-0.05, 0) is 26.7 Å². The second kappa shape index (κ2) is 8.05. The summed E-state index contributed by atoms with van der Waals surface area (Å²) in [7, 11) is 0. The van der Waals surface area contributed by atoms with Crippen LogP contribution in [-0.2, 0) is 11.3 Å². The molecule has 0 aliphatic heterocycles. The maximum atomic E-state index is 11.1. The van der Waals surface area contributed by atoms with Crippen molar-refractivity contribution in [3.63, 3.8) is 0 Å². The normalized spacial score (nSPS) is 12.7. The van der Waals surface area contributed by atoms with Crippen LogP contribution < -0.4 is 5.32 Å². The summed E-state index contributed by atoms with van der Waals surface area (Å²) in [6.07, 6.45) is 1.56. The van der Waals surface area contributed by atoms with Crippen molar-refractivity contribution >= 4 is 5.69 Å². The Morgan fingerprint density at radius 1 is 1.43 bits per heavy atom. The fourth-order valence-electron chi connectivity index (χ4n) is 2.18. The first-order valence-corrected chi connectivity index (χ1v) is 7.29. The number of aryl methyl sites for hydroxylation is 1. The Kier molecular flexibility index (Phi) is 6.71. The number of hydrogen-bond acceptors (Lipinski definition) is 5. The second-order valence-electron chi connectivity index (χ2n) is 5.51. The first-order chi connectivity index (χ1) is 9.88. The highest BCUT2D eigenvalue weighted by Crippen LogP contribution is 2.24. The van der Waals surface area contributed by atoms with Gasteiger partial charge in [0.2, 0.25) is 0 Å². The zero-order valence-electron chi connectivity index (χ0n) is 13.5. The number of nitro groups is 1. The van der Waals surface area contributed by atoms with Crippen molar-refractivity contribution < 1.29 is 9.66 Å². The van der Waals surface area contributed by atoms with Gasteiger partial charge in [0, 0.05) is 36.5 Å². The summed E-state index contributed by atoms with van der Waals surface area (Å²) in [5.41, 5.74) is 2.10. The lowest BCUT2D eigenvalue weighted by Crippen LogP contribution is -2.38. The third kappa shape index (κ3) is 4.75. The third-order valence-corrected chi connectivity index (χ3v) is 3.60.